The van der Waals surface area contributed by atoms with Crippen LogP contribution in [0.2, 0.25) is 0 Å². The average molecular weight is 612 g/mol. The normalized spacial score (nSPS) is 16.0. The molecule has 3 aliphatic heterocycles. The summed E-state index contributed by atoms with van der Waals surface area (Å²) in [5, 5.41) is 1.03. The van der Waals surface area contributed by atoms with Gasteiger partial charge in [0.15, 0.2) is 5.16 Å². The summed E-state index contributed by atoms with van der Waals surface area (Å²) < 4.78 is 8.95. The molecule has 1 aromatic heterocycles. The second-order valence-corrected chi connectivity index (χ2v) is 13.8. The van der Waals surface area contributed by atoms with Gasteiger partial charge in [-0.25, -0.2) is 4.98 Å². The van der Waals surface area contributed by atoms with Crippen molar-refractivity contribution in [3.63, 3.8) is 0 Å². The van der Waals surface area contributed by atoms with E-state index in [0.29, 0.717) is 0 Å². The van der Waals surface area contributed by atoms with Crippen LogP contribution in [0.4, 0.5) is 17.1 Å². The highest BCUT2D eigenvalue weighted by atomic mass is 32.2. The van der Waals surface area contributed by atoms with Crippen LogP contribution in [-0.4, -0.2) is 9.55 Å². The Kier molecular flexibility index (Phi) is 5.17. The van der Waals surface area contributed by atoms with Crippen molar-refractivity contribution in [1.82, 2.24) is 9.55 Å². The lowest BCUT2D eigenvalue weighted by Crippen LogP contribution is -2.39. The number of para-hydroxylation sites is 6. The first-order valence-corrected chi connectivity index (χ1v) is 16.5. The Morgan fingerprint density at radius 1 is 0.587 bits per heavy atom. The smallest absolute Gasteiger partial charge is 0.174 e. The van der Waals surface area contributed by atoms with Gasteiger partial charge in [0.1, 0.15) is 11.5 Å². The summed E-state index contributed by atoms with van der Waals surface area (Å²) in [5.41, 5.74) is 11.0. The maximum absolute atomic E-state index is 6.55. The van der Waals surface area contributed by atoms with E-state index in [1.54, 1.807) is 11.8 Å². The number of hydrogen-bond donors (Lipinski definition) is 0. The van der Waals surface area contributed by atoms with E-state index in [4.69, 9.17) is 9.72 Å². The maximum Gasteiger partial charge on any atom is 0.174 e. The van der Waals surface area contributed by atoms with Crippen LogP contribution in [-0.2, 0) is 11.0 Å². The van der Waals surface area contributed by atoms with Gasteiger partial charge in [-0.2, -0.15) is 0 Å². The van der Waals surface area contributed by atoms with Crippen molar-refractivity contribution in [3.05, 3.63) is 167 Å². The van der Waals surface area contributed by atoms with Crippen LogP contribution in [0, 0.1) is 0 Å². The Balaban J connectivity index is 1.22. The Bertz CT molecular complexity index is 2290. The molecule has 7 aromatic rings. The van der Waals surface area contributed by atoms with Crippen molar-refractivity contribution in [3.8, 4) is 11.5 Å². The summed E-state index contributed by atoms with van der Waals surface area (Å²) in [6, 6.07) is 50.3. The molecule has 6 aromatic carbocycles. The molecule has 220 valence electrons. The van der Waals surface area contributed by atoms with Gasteiger partial charge in [0.25, 0.3) is 0 Å². The van der Waals surface area contributed by atoms with E-state index in [1.165, 1.54) is 38.5 Å². The molecule has 10 rings (SSSR count). The van der Waals surface area contributed by atoms with E-state index >= 15 is 0 Å². The minimum absolute atomic E-state index is 0.248. The van der Waals surface area contributed by atoms with Crippen molar-refractivity contribution in [2.45, 2.75) is 34.9 Å². The first-order valence-electron chi connectivity index (χ1n) is 15.7. The molecule has 46 heavy (non-hydrogen) atoms. The van der Waals surface area contributed by atoms with Crippen LogP contribution in [0.3, 0.4) is 0 Å². The SMILES string of the molecule is CC1(C)c2ccc(N3c4ccccc4C4(c5ccccc5Oc5ccccc54)c4ccccc43)cc2Sc2nc3ccccc3n21. The summed E-state index contributed by atoms with van der Waals surface area (Å²) in [5.74, 6) is 1.80. The molecule has 0 fully saturated rings. The van der Waals surface area contributed by atoms with Gasteiger partial charge in [-0.05, 0) is 79.1 Å². The summed E-state index contributed by atoms with van der Waals surface area (Å²) in [6.07, 6.45) is 0. The molecule has 1 spiro atoms. The predicted octanol–water partition coefficient (Wildman–Crippen LogP) is 10.6. The zero-order chi connectivity index (χ0) is 30.6. The third kappa shape index (κ3) is 3.23. The molecule has 5 heteroatoms. The summed E-state index contributed by atoms with van der Waals surface area (Å²) in [7, 11) is 0. The van der Waals surface area contributed by atoms with E-state index in [0.717, 1.165) is 39.0 Å². The molecule has 4 heterocycles. The number of benzene rings is 6. The fourth-order valence-electron chi connectivity index (χ4n) is 8.17. The van der Waals surface area contributed by atoms with Gasteiger partial charge in [0, 0.05) is 21.7 Å². The van der Waals surface area contributed by atoms with Crippen molar-refractivity contribution < 1.29 is 4.74 Å². The van der Waals surface area contributed by atoms with E-state index in [9.17, 15) is 0 Å². The second-order valence-electron chi connectivity index (χ2n) is 12.8. The van der Waals surface area contributed by atoms with Gasteiger partial charge < -0.3 is 14.2 Å². The minimum Gasteiger partial charge on any atom is -0.457 e. The highest BCUT2D eigenvalue weighted by molar-refractivity contribution is 7.99. The molecule has 4 nitrogen and oxygen atoms in total. The molecule has 0 bridgehead atoms. The molecule has 0 N–H and O–H groups in total. The van der Waals surface area contributed by atoms with E-state index in [-0.39, 0.29) is 5.54 Å². The third-order valence-corrected chi connectivity index (χ3v) is 11.1. The van der Waals surface area contributed by atoms with Gasteiger partial charge in [-0.15, -0.1) is 0 Å². The van der Waals surface area contributed by atoms with Gasteiger partial charge in [0.05, 0.1) is 33.4 Å². The van der Waals surface area contributed by atoms with Gasteiger partial charge in [-0.1, -0.05) is 103 Å². The van der Waals surface area contributed by atoms with Crippen molar-refractivity contribution >= 4 is 39.9 Å². The largest absolute Gasteiger partial charge is 0.457 e. The number of aromatic nitrogens is 2. The molecule has 3 aliphatic rings. The van der Waals surface area contributed by atoms with E-state index < -0.39 is 5.41 Å². The monoisotopic (exact) mass is 611 g/mol. The van der Waals surface area contributed by atoms with Crippen molar-refractivity contribution in [2.24, 2.45) is 0 Å². The van der Waals surface area contributed by atoms with Crippen LogP contribution in [0.5, 0.6) is 11.5 Å². The summed E-state index contributed by atoms with van der Waals surface area (Å²) >= 11 is 1.76. The van der Waals surface area contributed by atoms with Gasteiger partial charge in [-0.3, -0.25) is 0 Å². The number of rotatable bonds is 1. The molecular weight excluding hydrogens is 583 g/mol. The standard InChI is InChI=1S/C41H29N3OS/c1-40(2)31-24-23-26(25-38(31)46-39-42-32-17-7-10-20-35(32)44(39)40)43-33-18-8-3-13-27(33)41(28-14-4-9-19-34(28)43)29-15-5-11-21-36(29)45-37-22-12-6-16-30(37)41/h3-25H,1-2H3. The fourth-order valence-corrected chi connectivity index (χ4v) is 9.54. The zero-order valence-corrected chi connectivity index (χ0v) is 26.3. The second kappa shape index (κ2) is 9.15. The highest BCUT2D eigenvalue weighted by Gasteiger charge is 2.51. The van der Waals surface area contributed by atoms with Crippen LogP contribution < -0.4 is 9.64 Å². The number of nitrogens with zero attached hydrogens (tertiary/aromatic N) is 3. The Labute approximate surface area is 271 Å². The Morgan fingerprint density at radius 2 is 1.15 bits per heavy atom. The fraction of sp³-hybridized carbons (Fsp3) is 0.0976. The molecular formula is C41H29N3OS. The topological polar surface area (TPSA) is 30.3 Å². The molecule has 0 radical (unpaired) electrons. The Hall–Kier alpha value is -5.26. The lowest BCUT2D eigenvalue weighted by Gasteiger charge is -2.48. The lowest BCUT2D eigenvalue weighted by molar-refractivity contribution is 0.402. The summed E-state index contributed by atoms with van der Waals surface area (Å²) in [4.78, 5) is 8.75. The van der Waals surface area contributed by atoms with Crippen LogP contribution in [0.1, 0.15) is 41.7 Å². The zero-order valence-electron chi connectivity index (χ0n) is 25.4. The highest BCUT2D eigenvalue weighted by Crippen LogP contribution is 2.63. The average Bonchev–Trinajstić information content (AvgIpc) is 3.47. The van der Waals surface area contributed by atoms with Crippen LogP contribution in [0.25, 0.3) is 11.0 Å². The molecule has 0 unspecified atom stereocenters. The molecule has 0 saturated carbocycles. The molecule has 0 aliphatic carbocycles. The number of hydrogen-bond acceptors (Lipinski definition) is 4. The van der Waals surface area contributed by atoms with E-state index in [1.807, 2.05) is 0 Å². The third-order valence-electron chi connectivity index (χ3n) is 10.1. The Morgan fingerprint density at radius 3 is 1.83 bits per heavy atom. The number of fused-ring (bicyclic) bond motifs is 12. The van der Waals surface area contributed by atoms with Crippen LogP contribution in [0.15, 0.2) is 150 Å². The number of anilines is 3. The van der Waals surface area contributed by atoms with Crippen LogP contribution >= 0.6 is 11.8 Å². The minimum atomic E-state index is -0.537. The quantitative estimate of drug-likeness (QED) is 0.185. The van der Waals surface area contributed by atoms with E-state index in [2.05, 4.69) is 163 Å². The predicted molar refractivity (Wildman–Crippen MR) is 185 cm³/mol. The van der Waals surface area contributed by atoms with Crippen molar-refractivity contribution in [2.75, 3.05) is 4.90 Å². The lowest BCUT2D eigenvalue weighted by atomic mass is 9.61. The number of imidazole rings is 1. The molecule has 0 atom stereocenters. The first kappa shape index (κ1) is 26.0. The van der Waals surface area contributed by atoms with Crippen molar-refractivity contribution in [1.29, 1.82) is 0 Å². The van der Waals surface area contributed by atoms with Gasteiger partial charge in [0.2, 0.25) is 0 Å². The maximum atomic E-state index is 6.55. The molecule has 0 saturated heterocycles. The first-order chi connectivity index (χ1) is 22.6. The summed E-state index contributed by atoms with van der Waals surface area (Å²) in [6.45, 7) is 4.61. The van der Waals surface area contributed by atoms with Gasteiger partial charge >= 0.3 is 0 Å². The number of ether oxygens (including phenoxy) is 1. The molecule has 0 amide bonds.